The third-order valence-corrected chi connectivity index (χ3v) is 7.90. The molecule has 8 nitrogen and oxygen atoms in total. The SMILES string of the molecule is CN(C1CCCCC1)S(=O)(=O)c1ccc(C(=O)Nc2cccc(-c3nncn3C)c2)cc1. The van der Waals surface area contributed by atoms with Crippen molar-refractivity contribution in [2.24, 2.45) is 7.05 Å². The van der Waals surface area contributed by atoms with Gasteiger partial charge in [0.15, 0.2) is 5.82 Å². The Morgan fingerprint density at radius 3 is 2.47 bits per heavy atom. The van der Waals surface area contributed by atoms with Gasteiger partial charge in [0, 0.05) is 37.0 Å². The first kappa shape index (κ1) is 22.2. The summed E-state index contributed by atoms with van der Waals surface area (Å²) in [6.45, 7) is 0. The molecule has 1 N–H and O–H groups in total. The predicted molar refractivity (Wildman–Crippen MR) is 123 cm³/mol. The summed E-state index contributed by atoms with van der Waals surface area (Å²) >= 11 is 0. The van der Waals surface area contributed by atoms with Crippen LogP contribution in [-0.4, -0.2) is 46.5 Å². The Labute approximate surface area is 188 Å². The number of sulfonamides is 1. The summed E-state index contributed by atoms with van der Waals surface area (Å²) in [6, 6.07) is 13.5. The van der Waals surface area contributed by atoms with Crippen molar-refractivity contribution >= 4 is 21.6 Å². The monoisotopic (exact) mass is 453 g/mol. The molecule has 1 saturated carbocycles. The lowest BCUT2D eigenvalue weighted by molar-refractivity contribution is 0.102. The number of nitrogens with one attached hydrogen (secondary N) is 1. The number of nitrogens with zero attached hydrogens (tertiary/aromatic N) is 4. The van der Waals surface area contributed by atoms with E-state index >= 15 is 0 Å². The van der Waals surface area contributed by atoms with Gasteiger partial charge in [-0.15, -0.1) is 10.2 Å². The summed E-state index contributed by atoms with van der Waals surface area (Å²) in [5.74, 6) is 0.377. The van der Waals surface area contributed by atoms with Gasteiger partial charge >= 0.3 is 0 Å². The van der Waals surface area contributed by atoms with Gasteiger partial charge in [0.1, 0.15) is 6.33 Å². The Morgan fingerprint density at radius 2 is 1.81 bits per heavy atom. The molecule has 3 aromatic rings. The van der Waals surface area contributed by atoms with Crippen molar-refractivity contribution in [3.8, 4) is 11.4 Å². The minimum absolute atomic E-state index is 0.0397. The van der Waals surface area contributed by atoms with Gasteiger partial charge in [-0.1, -0.05) is 31.4 Å². The van der Waals surface area contributed by atoms with E-state index in [0.717, 1.165) is 37.7 Å². The second-order valence-electron chi connectivity index (χ2n) is 8.14. The number of hydrogen-bond acceptors (Lipinski definition) is 5. The van der Waals surface area contributed by atoms with Crippen LogP contribution in [0.25, 0.3) is 11.4 Å². The van der Waals surface area contributed by atoms with Crippen molar-refractivity contribution in [1.29, 1.82) is 0 Å². The van der Waals surface area contributed by atoms with Gasteiger partial charge in [0.25, 0.3) is 5.91 Å². The Hall–Kier alpha value is -3.04. The lowest BCUT2D eigenvalue weighted by atomic mass is 9.96. The molecule has 0 unspecified atom stereocenters. The van der Waals surface area contributed by atoms with E-state index < -0.39 is 10.0 Å². The van der Waals surface area contributed by atoms with E-state index in [2.05, 4.69) is 15.5 Å². The smallest absolute Gasteiger partial charge is 0.255 e. The van der Waals surface area contributed by atoms with Gasteiger partial charge in [-0.05, 0) is 49.2 Å². The highest BCUT2D eigenvalue weighted by Gasteiger charge is 2.29. The fraction of sp³-hybridized carbons (Fsp3) is 0.348. The van der Waals surface area contributed by atoms with Gasteiger partial charge < -0.3 is 9.88 Å². The lowest BCUT2D eigenvalue weighted by Crippen LogP contribution is -2.38. The van der Waals surface area contributed by atoms with Crippen LogP contribution in [0.2, 0.25) is 0 Å². The molecule has 1 aliphatic rings. The van der Waals surface area contributed by atoms with Crippen LogP contribution in [0.15, 0.2) is 59.8 Å². The van der Waals surface area contributed by atoms with Gasteiger partial charge in [0.2, 0.25) is 10.0 Å². The van der Waals surface area contributed by atoms with Crippen molar-refractivity contribution in [3.63, 3.8) is 0 Å². The van der Waals surface area contributed by atoms with Crippen molar-refractivity contribution in [2.45, 2.75) is 43.0 Å². The number of carbonyl (C=O) groups excluding carboxylic acids is 1. The minimum atomic E-state index is -3.59. The van der Waals surface area contributed by atoms with Gasteiger partial charge in [-0.2, -0.15) is 4.31 Å². The molecule has 1 aromatic heterocycles. The van der Waals surface area contributed by atoms with E-state index in [1.807, 2.05) is 25.2 Å². The molecule has 9 heteroatoms. The van der Waals surface area contributed by atoms with E-state index in [-0.39, 0.29) is 16.8 Å². The normalized spacial score (nSPS) is 15.1. The fourth-order valence-electron chi connectivity index (χ4n) is 4.07. The summed E-state index contributed by atoms with van der Waals surface area (Å²) in [4.78, 5) is 12.9. The highest BCUT2D eigenvalue weighted by molar-refractivity contribution is 7.89. The van der Waals surface area contributed by atoms with Crippen LogP contribution in [-0.2, 0) is 17.1 Å². The second kappa shape index (κ2) is 9.22. The average molecular weight is 454 g/mol. The number of hydrogen-bond donors (Lipinski definition) is 1. The molecule has 0 bridgehead atoms. The van der Waals surface area contributed by atoms with Crippen molar-refractivity contribution in [3.05, 3.63) is 60.4 Å². The quantitative estimate of drug-likeness (QED) is 0.614. The van der Waals surface area contributed by atoms with Gasteiger partial charge in [-0.3, -0.25) is 4.79 Å². The van der Waals surface area contributed by atoms with Crippen molar-refractivity contribution < 1.29 is 13.2 Å². The molecule has 0 atom stereocenters. The number of benzene rings is 2. The van der Waals surface area contributed by atoms with Crippen LogP contribution < -0.4 is 5.32 Å². The summed E-state index contributed by atoms with van der Waals surface area (Å²) in [6.07, 6.45) is 6.67. The standard InChI is InChI=1S/C23H27N5O3S/c1-27-16-24-26-22(27)18-7-6-8-19(15-18)25-23(29)17-11-13-21(14-12-17)32(30,31)28(2)20-9-4-3-5-10-20/h6-8,11-16,20H,3-5,9-10H2,1-2H3,(H,25,29). The van der Waals surface area contributed by atoms with Crippen LogP contribution >= 0.6 is 0 Å². The van der Waals surface area contributed by atoms with Gasteiger partial charge in [-0.25, -0.2) is 8.42 Å². The summed E-state index contributed by atoms with van der Waals surface area (Å²) in [5.41, 5.74) is 1.83. The van der Waals surface area contributed by atoms with Crippen LogP contribution in [0.4, 0.5) is 5.69 Å². The molecule has 4 rings (SSSR count). The molecule has 0 radical (unpaired) electrons. The summed E-state index contributed by atoms with van der Waals surface area (Å²) in [5, 5.41) is 10.8. The van der Waals surface area contributed by atoms with E-state index in [0.29, 0.717) is 17.1 Å². The first-order valence-corrected chi connectivity index (χ1v) is 12.1. The zero-order chi connectivity index (χ0) is 22.7. The summed E-state index contributed by atoms with van der Waals surface area (Å²) in [7, 11) is -0.0904. The maximum atomic E-state index is 13.0. The van der Waals surface area contributed by atoms with Crippen LogP contribution in [0.5, 0.6) is 0 Å². The highest BCUT2D eigenvalue weighted by atomic mass is 32.2. The Balaban J connectivity index is 1.47. The molecular weight excluding hydrogens is 426 g/mol. The summed E-state index contributed by atoms with van der Waals surface area (Å²) < 4.78 is 29.3. The van der Waals surface area contributed by atoms with Crippen LogP contribution in [0.3, 0.4) is 0 Å². The van der Waals surface area contributed by atoms with E-state index in [9.17, 15) is 13.2 Å². The molecule has 2 aromatic carbocycles. The molecule has 32 heavy (non-hydrogen) atoms. The van der Waals surface area contributed by atoms with E-state index in [1.165, 1.54) is 16.4 Å². The third-order valence-electron chi connectivity index (χ3n) is 5.97. The molecule has 1 amide bonds. The van der Waals surface area contributed by atoms with Gasteiger partial charge in [0.05, 0.1) is 4.90 Å². The molecule has 1 fully saturated rings. The molecule has 168 valence electrons. The van der Waals surface area contributed by atoms with Crippen molar-refractivity contribution in [1.82, 2.24) is 19.1 Å². The Kier molecular flexibility index (Phi) is 6.38. The van der Waals surface area contributed by atoms with E-state index in [1.54, 1.807) is 36.1 Å². The van der Waals surface area contributed by atoms with Crippen molar-refractivity contribution in [2.75, 3.05) is 12.4 Å². The molecule has 1 aliphatic carbocycles. The Morgan fingerprint density at radius 1 is 1.09 bits per heavy atom. The first-order valence-electron chi connectivity index (χ1n) is 10.7. The highest BCUT2D eigenvalue weighted by Crippen LogP contribution is 2.27. The number of carbonyl (C=O) groups is 1. The number of aromatic nitrogens is 3. The fourth-order valence-corrected chi connectivity index (χ4v) is 5.49. The molecule has 0 aliphatic heterocycles. The predicted octanol–water partition coefficient (Wildman–Crippen LogP) is 3.69. The average Bonchev–Trinajstić information content (AvgIpc) is 3.25. The number of anilines is 1. The minimum Gasteiger partial charge on any atom is -0.322 e. The third kappa shape index (κ3) is 4.58. The first-order chi connectivity index (χ1) is 15.4. The molecule has 0 saturated heterocycles. The lowest BCUT2D eigenvalue weighted by Gasteiger charge is -2.30. The van der Waals surface area contributed by atoms with E-state index in [4.69, 9.17) is 0 Å². The maximum absolute atomic E-state index is 13.0. The van der Waals surface area contributed by atoms with Crippen LogP contribution in [0, 0.1) is 0 Å². The molecule has 0 spiro atoms. The number of rotatable bonds is 6. The number of aryl methyl sites for hydroxylation is 1. The Bertz CT molecular complexity index is 1200. The number of amides is 1. The van der Waals surface area contributed by atoms with Crippen LogP contribution in [0.1, 0.15) is 42.5 Å². The molecular formula is C23H27N5O3S. The molecule has 1 heterocycles. The topological polar surface area (TPSA) is 97.2 Å². The second-order valence-corrected chi connectivity index (χ2v) is 10.1. The maximum Gasteiger partial charge on any atom is 0.255 e. The zero-order valence-corrected chi connectivity index (χ0v) is 19.0. The largest absolute Gasteiger partial charge is 0.322 e. The zero-order valence-electron chi connectivity index (χ0n) is 18.2.